The van der Waals surface area contributed by atoms with Gasteiger partial charge in [0, 0.05) is 32.2 Å². The molecule has 0 radical (unpaired) electrons. The van der Waals surface area contributed by atoms with E-state index >= 15 is 0 Å². The number of methoxy groups -OCH3 is 1. The minimum Gasteiger partial charge on any atom is -0.383 e. The predicted molar refractivity (Wildman–Crippen MR) is 92.8 cm³/mol. The number of carbonyl (C=O) groups excluding carboxylic acids is 1. The first-order valence-corrected chi connectivity index (χ1v) is 9.84. The van der Waals surface area contributed by atoms with Crippen LogP contribution in [-0.4, -0.2) is 51.5 Å². The van der Waals surface area contributed by atoms with Crippen molar-refractivity contribution in [1.29, 1.82) is 0 Å². The molecule has 1 saturated heterocycles. The molecule has 0 spiro atoms. The van der Waals surface area contributed by atoms with Crippen molar-refractivity contribution in [2.75, 3.05) is 26.8 Å². The summed E-state index contributed by atoms with van der Waals surface area (Å²) in [5.41, 5.74) is 0.783. The molecule has 1 aliphatic heterocycles. The van der Waals surface area contributed by atoms with Crippen LogP contribution in [0.1, 0.15) is 25.3 Å². The molecule has 0 aromatic heterocycles. The first kappa shape index (κ1) is 18.9. The van der Waals surface area contributed by atoms with Crippen LogP contribution >= 0.6 is 0 Å². The predicted octanol–water partition coefficient (Wildman–Crippen LogP) is 1.38. The highest BCUT2D eigenvalue weighted by atomic mass is 32.2. The molecule has 0 unspecified atom stereocenters. The van der Waals surface area contributed by atoms with Gasteiger partial charge in [-0.05, 0) is 25.3 Å². The Balaban J connectivity index is 1.86. The average Bonchev–Trinajstić information content (AvgIpc) is 2.55. The van der Waals surface area contributed by atoms with Crippen molar-refractivity contribution in [3.05, 3.63) is 35.9 Å². The number of ether oxygens (including phenoxy) is 1. The number of nitrogens with one attached hydrogen (secondary N) is 1. The van der Waals surface area contributed by atoms with Crippen LogP contribution in [0.25, 0.3) is 0 Å². The molecule has 134 valence electrons. The third-order valence-electron chi connectivity index (χ3n) is 4.22. The number of sulfonamides is 1. The highest BCUT2D eigenvalue weighted by Crippen LogP contribution is 2.22. The topological polar surface area (TPSA) is 75.7 Å². The highest BCUT2D eigenvalue weighted by Gasteiger charge is 2.31. The molecule has 1 heterocycles. The van der Waals surface area contributed by atoms with E-state index in [0.29, 0.717) is 32.5 Å². The Morgan fingerprint density at radius 2 is 1.92 bits per heavy atom. The van der Waals surface area contributed by atoms with Crippen molar-refractivity contribution in [3.8, 4) is 0 Å². The number of nitrogens with zero attached hydrogens (tertiary/aromatic N) is 1. The van der Waals surface area contributed by atoms with E-state index in [2.05, 4.69) is 5.32 Å². The Bertz CT molecular complexity index is 625. The second kappa shape index (κ2) is 8.60. The number of piperidine rings is 1. The molecule has 6 nitrogen and oxygen atoms in total. The molecule has 7 heteroatoms. The quantitative estimate of drug-likeness (QED) is 0.803. The lowest BCUT2D eigenvalue weighted by molar-refractivity contribution is -0.127. The third-order valence-corrected chi connectivity index (χ3v) is 6.07. The van der Waals surface area contributed by atoms with E-state index in [1.807, 2.05) is 37.3 Å². The number of carbonyl (C=O) groups is 1. The Morgan fingerprint density at radius 1 is 1.29 bits per heavy atom. The lowest BCUT2D eigenvalue weighted by Crippen LogP contribution is -2.45. The second-order valence-corrected chi connectivity index (χ2v) is 8.25. The Morgan fingerprint density at radius 3 is 2.50 bits per heavy atom. The van der Waals surface area contributed by atoms with Crippen LogP contribution in [0.4, 0.5) is 0 Å². The average molecular weight is 354 g/mol. The largest absolute Gasteiger partial charge is 0.383 e. The zero-order chi connectivity index (χ0) is 17.6. The fourth-order valence-corrected chi connectivity index (χ4v) is 4.49. The maximum absolute atomic E-state index is 12.5. The van der Waals surface area contributed by atoms with Crippen molar-refractivity contribution in [2.45, 2.75) is 31.6 Å². The molecule has 1 atom stereocenters. The van der Waals surface area contributed by atoms with Gasteiger partial charge in [0.2, 0.25) is 15.9 Å². The molecular formula is C17H26N2O4S. The second-order valence-electron chi connectivity index (χ2n) is 6.28. The Labute approximate surface area is 144 Å². The summed E-state index contributed by atoms with van der Waals surface area (Å²) in [6.07, 6.45) is 1.11. The summed E-state index contributed by atoms with van der Waals surface area (Å²) in [6, 6.07) is 9.13. The summed E-state index contributed by atoms with van der Waals surface area (Å²) in [5.74, 6) is -0.137. The maximum Gasteiger partial charge on any atom is 0.223 e. The van der Waals surface area contributed by atoms with Gasteiger partial charge in [0.15, 0.2) is 0 Å². The number of rotatable bonds is 7. The number of amides is 1. The maximum atomic E-state index is 12.5. The van der Waals surface area contributed by atoms with E-state index in [1.165, 1.54) is 4.31 Å². The Kier molecular flexibility index (Phi) is 6.77. The van der Waals surface area contributed by atoms with Crippen LogP contribution in [0.3, 0.4) is 0 Å². The Hall–Kier alpha value is -1.44. The fourth-order valence-electron chi connectivity index (χ4n) is 2.92. The van der Waals surface area contributed by atoms with Crippen LogP contribution in [-0.2, 0) is 25.3 Å². The van der Waals surface area contributed by atoms with Gasteiger partial charge < -0.3 is 10.1 Å². The van der Waals surface area contributed by atoms with Crippen molar-refractivity contribution >= 4 is 15.9 Å². The zero-order valence-corrected chi connectivity index (χ0v) is 15.1. The molecule has 0 saturated carbocycles. The zero-order valence-electron chi connectivity index (χ0n) is 14.3. The van der Waals surface area contributed by atoms with Crippen LogP contribution in [0.2, 0.25) is 0 Å². The van der Waals surface area contributed by atoms with Gasteiger partial charge in [0.05, 0.1) is 12.4 Å². The molecule has 1 aromatic rings. The summed E-state index contributed by atoms with van der Waals surface area (Å²) in [4.78, 5) is 12.2. The summed E-state index contributed by atoms with van der Waals surface area (Å²) in [7, 11) is -1.74. The molecule has 1 amide bonds. The van der Waals surface area contributed by atoms with Crippen LogP contribution in [0.5, 0.6) is 0 Å². The first-order chi connectivity index (χ1) is 11.4. The van der Waals surface area contributed by atoms with Gasteiger partial charge in [0.1, 0.15) is 0 Å². The van der Waals surface area contributed by atoms with Crippen molar-refractivity contribution in [2.24, 2.45) is 5.92 Å². The van der Waals surface area contributed by atoms with Gasteiger partial charge >= 0.3 is 0 Å². The SMILES string of the molecule is COC[C@@H](C)NC(=O)C1CCN(S(=O)(=O)Cc2ccccc2)CC1. The van der Waals surface area contributed by atoms with E-state index < -0.39 is 10.0 Å². The smallest absolute Gasteiger partial charge is 0.223 e. The lowest BCUT2D eigenvalue weighted by Gasteiger charge is -2.31. The molecular weight excluding hydrogens is 328 g/mol. The first-order valence-electron chi connectivity index (χ1n) is 8.23. The van der Waals surface area contributed by atoms with E-state index in [0.717, 1.165) is 5.56 Å². The number of hydrogen-bond acceptors (Lipinski definition) is 4. The normalized spacial score (nSPS) is 18.2. The monoisotopic (exact) mass is 354 g/mol. The van der Waals surface area contributed by atoms with Crippen molar-refractivity contribution in [1.82, 2.24) is 9.62 Å². The van der Waals surface area contributed by atoms with Crippen LogP contribution < -0.4 is 5.32 Å². The fraction of sp³-hybridized carbons (Fsp3) is 0.588. The molecule has 1 fully saturated rings. The summed E-state index contributed by atoms with van der Waals surface area (Å²) in [6.45, 7) is 3.15. The lowest BCUT2D eigenvalue weighted by atomic mass is 9.97. The molecule has 0 aliphatic carbocycles. The van der Waals surface area contributed by atoms with Crippen molar-refractivity contribution < 1.29 is 17.9 Å². The van der Waals surface area contributed by atoms with Gasteiger partial charge in [0.25, 0.3) is 0 Å². The molecule has 1 N–H and O–H groups in total. The summed E-state index contributed by atoms with van der Waals surface area (Å²) >= 11 is 0. The number of benzene rings is 1. The van der Waals surface area contributed by atoms with E-state index in [4.69, 9.17) is 4.74 Å². The van der Waals surface area contributed by atoms with E-state index in [1.54, 1.807) is 7.11 Å². The van der Waals surface area contributed by atoms with Crippen LogP contribution in [0.15, 0.2) is 30.3 Å². The third kappa shape index (κ3) is 5.29. The molecule has 1 aliphatic rings. The molecule has 24 heavy (non-hydrogen) atoms. The minimum atomic E-state index is -3.34. The summed E-state index contributed by atoms with van der Waals surface area (Å²) < 4.78 is 31.5. The van der Waals surface area contributed by atoms with E-state index in [9.17, 15) is 13.2 Å². The van der Waals surface area contributed by atoms with E-state index in [-0.39, 0.29) is 23.6 Å². The molecule has 2 rings (SSSR count). The summed E-state index contributed by atoms with van der Waals surface area (Å²) in [5, 5.41) is 2.91. The highest BCUT2D eigenvalue weighted by molar-refractivity contribution is 7.88. The molecule has 1 aromatic carbocycles. The van der Waals surface area contributed by atoms with Gasteiger partial charge in [-0.15, -0.1) is 0 Å². The van der Waals surface area contributed by atoms with Crippen molar-refractivity contribution in [3.63, 3.8) is 0 Å². The van der Waals surface area contributed by atoms with Gasteiger partial charge in [-0.3, -0.25) is 4.79 Å². The molecule has 0 bridgehead atoms. The van der Waals surface area contributed by atoms with Gasteiger partial charge in [-0.2, -0.15) is 0 Å². The standard InChI is InChI=1S/C17H26N2O4S/c1-14(12-23-2)18-17(20)16-8-10-19(11-9-16)24(21,22)13-15-6-4-3-5-7-15/h3-7,14,16H,8-13H2,1-2H3,(H,18,20)/t14-/m1/s1. The minimum absolute atomic E-state index is 0.00950. The van der Waals surface area contributed by atoms with Crippen LogP contribution in [0, 0.1) is 5.92 Å². The van der Waals surface area contributed by atoms with Gasteiger partial charge in [-0.1, -0.05) is 30.3 Å². The number of hydrogen-bond donors (Lipinski definition) is 1. The van der Waals surface area contributed by atoms with Gasteiger partial charge in [-0.25, -0.2) is 12.7 Å².